The molecule has 0 fully saturated rings. The fraction of sp³-hybridized carbons (Fsp3) is 0.261. The highest BCUT2D eigenvalue weighted by Gasteiger charge is 2.18. The Morgan fingerprint density at radius 1 is 1.07 bits per heavy atom. The molecule has 0 aliphatic rings. The summed E-state index contributed by atoms with van der Waals surface area (Å²) in [5.74, 6) is 1.72. The van der Waals surface area contributed by atoms with Crippen molar-refractivity contribution < 1.29 is 27.8 Å². The van der Waals surface area contributed by atoms with Crippen LogP contribution < -0.4 is 19.5 Å². The van der Waals surface area contributed by atoms with Gasteiger partial charge in [-0.1, -0.05) is 0 Å². The number of ether oxygens (including phenoxy) is 3. The number of hydrogen-bond donors (Lipinski definition) is 1. The molecule has 3 rings (SSSR count). The first-order chi connectivity index (χ1) is 14.4. The third kappa shape index (κ3) is 4.92. The Morgan fingerprint density at radius 3 is 2.40 bits per heavy atom. The van der Waals surface area contributed by atoms with E-state index in [-0.39, 0.29) is 30.1 Å². The van der Waals surface area contributed by atoms with E-state index in [0.717, 1.165) is 11.1 Å². The summed E-state index contributed by atoms with van der Waals surface area (Å²) in [6.07, 6.45) is 0. The second-order valence-corrected chi connectivity index (χ2v) is 6.77. The average molecular weight is 413 g/mol. The van der Waals surface area contributed by atoms with E-state index in [9.17, 15) is 9.18 Å². The van der Waals surface area contributed by atoms with Gasteiger partial charge >= 0.3 is 0 Å². The minimum absolute atomic E-state index is 0.128. The summed E-state index contributed by atoms with van der Waals surface area (Å²) in [5, 5.41) is 2.92. The highest BCUT2D eigenvalue weighted by Crippen LogP contribution is 2.33. The number of rotatable bonds is 8. The van der Waals surface area contributed by atoms with Gasteiger partial charge < -0.3 is 23.9 Å². The number of aryl methyl sites for hydroxylation is 1. The second kappa shape index (κ2) is 9.35. The van der Waals surface area contributed by atoms with E-state index in [4.69, 9.17) is 18.6 Å². The normalized spacial score (nSPS) is 11.6. The lowest BCUT2D eigenvalue weighted by atomic mass is 10.0. The number of amides is 1. The lowest BCUT2D eigenvalue weighted by molar-refractivity contribution is 0.0907. The molecule has 1 N–H and O–H groups in total. The van der Waals surface area contributed by atoms with E-state index in [1.165, 1.54) is 24.3 Å². The summed E-state index contributed by atoms with van der Waals surface area (Å²) in [4.78, 5) is 12.6. The Labute approximate surface area is 174 Å². The van der Waals surface area contributed by atoms with Crippen LogP contribution in [0.25, 0.3) is 0 Å². The van der Waals surface area contributed by atoms with Crippen molar-refractivity contribution in [1.82, 2.24) is 5.32 Å². The van der Waals surface area contributed by atoms with Gasteiger partial charge in [0.15, 0.2) is 17.3 Å². The molecule has 0 saturated carbocycles. The fourth-order valence-electron chi connectivity index (χ4n) is 3.07. The van der Waals surface area contributed by atoms with Gasteiger partial charge in [0.1, 0.15) is 23.9 Å². The first-order valence-corrected chi connectivity index (χ1v) is 9.41. The molecule has 1 heterocycles. The molecule has 2 aromatic carbocycles. The smallest absolute Gasteiger partial charge is 0.287 e. The molecule has 1 atom stereocenters. The third-order valence-electron chi connectivity index (χ3n) is 4.67. The van der Waals surface area contributed by atoms with Crippen LogP contribution in [-0.2, 0) is 6.61 Å². The van der Waals surface area contributed by atoms with Crippen molar-refractivity contribution in [2.45, 2.75) is 26.5 Å². The average Bonchev–Trinajstić information content (AvgIpc) is 3.22. The van der Waals surface area contributed by atoms with Crippen LogP contribution in [0.4, 0.5) is 4.39 Å². The summed E-state index contributed by atoms with van der Waals surface area (Å²) in [7, 11) is 3.15. The van der Waals surface area contributed by atoms with Crippen LogP contribution in [0.15, 0.2) is 52.9 Å². The first-order valence-electron chi connectivity index (χ1n) is 9.41. The van der Waals surface area contributed by atoms with Crippen LogP contribution in [0.3, 0.4) is 0 Å². The van der Waals surface area contributed by atoms with Crippen molar-refractivity contribution in [1.29, 1.82) is 0 Å². The van der Waals surface area contributed by atoms with E-state index in [1.54, 1.807) is 26.4 Å². The topological polar surface area (TPSA) is 69.9 Å². The molecule has 158 valence electrons. The molecule has 3 aromatic rings. The molecule has 0 radical (unpaired) electrons. The molecular formula is C23H24FNO5. The summed E-state index contributed by atoms with van der Waals surface area (Å²) >= 11 is 0. The van der Waals surface area contributed by atoms with Crippen molar-refractivity contribution in [3.05, 3.63) is 77.0 Å². The third-order valence-corrected chi connectivity index (χ3v) is 4.67. The van der Waals surface area contributed by atoms with E-state index >= 15 is 0 Å². The molecule has 7 heteroatoms. The van der Waals surface area contributed by atoms with Crippen molar-refractivity contribution in [2.24, 2.45) is 0 Å². The monoisotopic (exact) mass is 413 g/mol. The van der Waals surface area contributed by atoms with Crippen LogP contribution in [0, 0.1) is 12.7 Å². The lowest BCUT2D eigenvalue weighted by Crippen LogP contribution is -2.26. The van der Waals surface area contributed by atoms with Gasteiger partial charge in [-0.05, 0) is 73.5 Å². The zero-order valence-electron chi connectivity index (χ0n) is 17.3. The van der Waals surface area contributed by atoms with E-state index < -0.39 is 0 Å². The molecule has 30 heavy (non-hydrogen) atoms. The Balaban J connectivity index is 1.64. The largest absolute Gasteiger partial charge is 0.493 e. The maximum Gasteiger partial charge on any atom is 0.287 e. The van der Waals surface area contributed by atoms with Gasteiger partial charge in [0.25, 0.3) is 5.91 Å². The van der Waals surface area contributed by atoms with E-state index in [2.05, 4.69) is 5.32 Å². The van der Waals surface area contributed by atoms with Crippen molar-refractivity contribution in [3.8, 4) is 17.2 Å². The number of carbonyl (C=O) groups is 1. The highest BCUT2D eigenvalue weighted by atomic mass is 19.1. The molecule has 0 spiro atoms. The number of hydrogen-bond acceptors (Lipinski definition) is 5. The SMILES string of the molecule is COc1cc(C)c(C(C)NC(=O)c2ccc(COc3ccc(F)cc3)o2)cc1OC. The molecule has 0 aliphatic carbocycles. The number of halogens is 1. The highest BCUT2D eigenvalue weighted by molar-refractivity contribution is 5.91. The second-order valence-electron chi connectivity index (χ2n) is 6.77. The van der Waals surface area contributed by atoms with Crippen LogP contribution >= 0.6 is 0 Å². The predicted octanol–water partition coefficient (Wildman–Crippen LogP) is 4.81. The molecule has 1 amide bonds. The van der Waals surface area contributed by atoms with Gasteiger partial charge in [0, 0.05) is 0 Å². The summed E-state index contributed by atoms with van der Waals surface area (Å²) in [5.41, 5.74) is 1.88. The summed E-state index contributed by atoms with van der Waals surface area (Å²) in [6, 6.07) is 12.4. The Bertz CT molecular complexity index is 1010. The van der Waals surface area contributed by atoms with Gasteiger partial charge in [-0.15, -0.1) is 0 Å². The number of benzene rings is 2. The Hall–Kier alpha value is -3.48. The zero-order chi connectivity index (χ0) is 21.7. The van der Waals surface area contributed by atoms with Gasteiger partial charge in [0.05, 0.1) is 20.3 Å². The van der Waals surface area contributed by atoms with E-state index in [0.29, 0.717) is 23.0 Å². The summed E-state index contributed by atoms with van der Waals surface area (Å²) in [6.45, 7) is 3.95. The van der Waals surface area contributed by atoms with Crippen molar-refractivity contribution in [2.75, 3.05) is 14.2 Å². The van der Waals surface area contributed by atoms with E-state index in [1.807, 2.05) is 26.0 Å². The minimum atomic E-state index is -0.343. The predicted molar refractivity (Wildman–Crippen MR) is 110 cm³/mol. The molecule has 1 unspecified atom stereocenters. The maximum atomic E-state index is 12.9. The van der Waals surface area contributed by atoms with Gasteiger partial charge in [0.2, 0.25) is 0 Å². The molecule has 0 aliphatic heterocycles. The van der Waals surface area contributed by atoms with Crippen molar-refractivity contribution >= 4 is 5.91 Å². The minimum Gasteiger partial charge on any atom is -0.493 e. The zero-order valence-corrected chi connectivity index (χ0v) is 17.3. The van der Waals surface area contributed by atoms with Gasteiger partial charge in [-0.2, -0.15) is 0 Å². The van der Waals surface area contributed by atoms with Gasteiger partial charge in [-0.3, -0.25) is 4.79 Å². The Morgan fingerprint density at radius 2 is 1.73 bits per heavy atom. The fourth-order valence-corrected chi connectivity index (χ4v) is 3.07. The van der Waals surface area contributed by atoms with Crippen molar-refractivity contribution in [3.63, 3.8) is 0 Å². The van der Waals surface area contributed by atoms with Crippen LogP contribution in [0.2, 0.25) is 0 Å². The molecule has 1 aromatic heterocycles. The van der Waals surface area contributed by atoms with Gasteiger partial charge in [-0.25, -0.2) is 4.39 Å². The number of nitrogens with one attached hydrogen (secondary N) is 1. The standard InChI is InChI=1S/C23H24FNO5/c1-14-11-21(27-3)22(28-4)12-19(14)15(2)25-23(26)20-10-9-18(30-20)13-29-17-7-5-16(24)6-8-17/h5-12,15H,13H2,1-4H3,(H,25,26). The quantitative estimate of drug-likeness (QED) is 0.574. The van der Waals surface area contributed by atoms with Crippen LogP contribution in [-0.4, -0.2) is 20.1 Å². The number of carbonyl (C=O) groups excluding carboxylic acids is 1. The van der Waals surface area contributed by atoms with Crippen LogP contribution in [0.1, 0.15) is 40.4 Å². The number of methoxy groups -OCH3 is 2. The lowest BCUT2D eigenvalue weighted by Gasteiger charge is -2.18. The number of furan rings is 1. The van der Waals surface area contributed by atoms with Crippen LogP contribution in [0.5, 0.6) is 17.2 Å². The molecular weight excluding hydrogens is 389 g/mol. The summed E-state index contributed by atoms with van der Waals surface area (Å²) < 4.78 is 34.7. The Kier molecular flexibility index (Phi) is 6.61. The molecule has 0 bridgehead atoms. The first kappa shape index (κ1) is 21.2. The molecule has 0 saturated heterocycles. The maximum absolute atomic E-state index is 12.9. The molecule has 6 nitrogen and oxygen atoms in total.